The van der Waals surface area contributed by atoms with Gasteiger partial charge in [0.05, 0.1) is 36.5 Å². The highest BCUT2D eigenvalue weighted by atomic mass is 16.5. The van der Waals surface area contributed by atoms with E-state index in [9.17, 15) is 0 Å². The van der Waals surface area contributed by atoms with Crippen LogP contribution in [0.25, 0.3) is 17.1 Å². The lowest BCUT2D eigenvalue weighted by Gasteiger charge is -2.29. The summed E-state index contributed by atoms with van der Waals surface area (Å²) in [4.78, 5) is 7.32. The van der Waals surface area contributed by atoms with Crippen molar-refractivity contribution in [3.63, 3.8) is 0 Å². The normalized spacial score (nSPS) is 17.0. The van der Waals surface area contributed by atoms with Crippen molar-refractivity contribution >= 4 is 17.2 Å². The smallest absolute Gasteiger partial charge is 0.136 e. The number of hydrogen-bond acceptors (Lipinski definition) is 7. The minimum Gasteiger partial charge on any atom is -0.381 e. The molecule has 0 spiro atoms. The summed E-state index contributed by atoms with van der Waals surface area (Å²) in [5.41, 5.74) is 5.38. The summed E-state index contributed by atoms with van der Waals surface area (Å²) in [5.74, 6) is 0.770. The van der Waals surface area contributed by atoms with Gasteiger partial charge in [-0.25, -0.2) is 9.67 Å². The number of pyridine rings is 1. The predicted molar refractivity (Wildman–Crippen MR) is 134 cm³/mol. The predicted octanol–water partition coefficient (Wildman–Crippen LogP) is 4.14. The second kappa shape index (κ2) is 10.4. The zero-order valence-corrected chi connectivity index (χ0v) is 19.7. The van der Waals surface area contributed by atoms with Crippen LogP contribution in [0.15, 0.2) is 48.7 Å². The van der Waals surface area contributed by atoms with E-state index in [-0.39, 0.29) is 0 Å². The molecule has 0 aliphatic carbocycles. The third kappa shape index (κ3) is 4.83. The maximum absolute atomic E-state index is 8.43. The second-order valence-corrected chi connectivity index (χ2v) is 8.70. The molecule has 0 atom stereocenters. The Morgan fingerprint density at radius 2 is 1.68 bits per heavy atom. The number of anilines is 2. The van der Waals surface area contributed by atoms with E-state index in [2.05, 4.69) is 39.6 Å². The first-order valence-corrected chi connectivity index (χ1v) is 12.1. The molecule has 0 unspecified atom stereocenters. The summed E-state index contributed by atoms with van der Waals surface area (Å²) in [6.07, 6.45) is 4.35. The van der Waals surface area contributed by atoms with Gasteiger partial charge in [0.2, 0.25) is 0 Å². The number of ether oxygens (including phenoxy) is 2. The van der Waals surface area contributed by atoms with Crippen LogP contribution in [-0.2, 0) is 9.47 Å². The SMILES string of the molecule is CCC(=N)c1ccc(-c2ccnn2-c2ccc(N3CCOCC3)cc2)nc1NC1CCOCC1. The van der Waals surface area contributed by atoms with Gasteiger partial charge in [-0.05, 0) is 61.7 Å². The molecule has 2 aliphatic heterocycles. The van der Waals surface area contributed by atoms with Gasteiger partial charge in [-0.15, -0.1) is 0 Å². The molecule has 0 saturated carbocycles. The largest absolute Gasteiger partial charge is 0.381 e. The molecule has 5 rings (SSSR count). The Morgan fingerprint density at radius 3 is 2.41 bits per heavy atom. The van der Waals surface area contributed by atoms with E-state index in [0.717, 1.165) is 80.8 Å². The van der Waals surface area contributed by atoms with Crippen molar-refractivity contribution in [2.75, 3.05) is 49.7 Å². The zero-order chi connectivity index (χ0) is 23.3. The molecule has 178 valence electrons. The van der Waals surface area contributed by atoms with Crippen molar-refractivity contribution in [2.45, 2.75) is 32.2 Å². The van der Waals surface area contributed by atoms with Gasteiger partial charge in [0, 0.05) is 49.3 Å². The lowest BCUT2D eigenvalue weighted by Crippen LogP contribution is -2.36. The third-order valence-electron chi connectivity index (χ3n) is 6.51. The van der Waals surface area contributed by atoms with Crippen LogP contribution in [0.3, 0.4) is 0 Å². The molecule has 0 radical (unpaired) electrons. The zero-order valence-electron chi connectivity index (χ0n) is 19.7. The first-order chi connectivity index (χ1) is 16.7. The molecule has 8 nitrogen and oxygen atoms in total. The number of nitrogens with zero attached hydrogens (tertiary/aromatic N) is 4. The van der Waals surface area contributed by atoms with Crippen molar-refractivity contribution in [1.29, 1.82) is 5.41 Å². The molecule has 4 heterocycles. The van der Waals surface area contributed by atoms with Crippen LogP contribution in [0, 0.1) is 5.41 Å². The lowest BCUT2D eigenvalue weighted by molar-refractivity contribution is 0.0904. The Labute approximate surface area is 200 Å². The Bertz CT molecular complexity index is 1110. The maximum Gasteiger partial charge on any atom is 0.136 e. The minimum atomic E-state index is 0.303. The molecule has 2 saturated heterocycles. The molecular formula is C26H32N6O2. The average Bonchev–Trinajstić information content (AvgIpc) is 3.39. The van der Waals surface area contributed by atoms with E-state index in [0.29, 0.717) is 18.2 Å². The highest BCUT2D eigenvalue weighted by Gasteiger charge is 2.19. The molecule has 2 N–H and O–H groups in total. The Kier molecular flexibility index (Phi) is 6.87. The highest BCUT2D eigenvalue weighted by molar-refractivity contribution is 6.02. The fraction of sp³-hybridized carbons (Fsp3) is 0.423. The Morgan fingerprint density at radius 1 is 0.971 bits per heavy atom. The minimum absolute atomic E-state index is 0.303. The van der Waals surface area contributed by atoms with Crippen molar-refractivity contribution < 1.29 is 9.47 Å². The number of morpholine rings is 1. The van der Waals surface area contributed by atoms with Crippen LogP contribution >= 0.6 is 0 Å². The van der Waals surface area contributed by atoms with Crippen LogP contribution in [0.2, 0.25) is 0 Å². The molecule has 2 aromatic heterocycles. The molecule has 2 fully saturated rings. The van der Waals surface area contributed by atoms with Gasteiger partial charge in [0.25, 0.3) is 0 Å². The summed E-state index contributed by atoms with van der Waals surface area (Å²) in [6.45, 7) is 6.88. The average molecular weight is 461 g/mol. The van der Waals surface area contributed by atoms with Crippen LogP contribution < -0.4 is 10.2 Å². The van der Waals surface area contributed by atoms with Crippen LogP contribution in [0.4, 0.5) is 11.5 Å². The summed E-state index contributed by atoms with van der Waals surface area (Å²) in [7, 11) is 0. The standard InChI is InChI=1S/C26H32N6O2/c1-2-23(27)22-7-8-24(30-26(22)29-19-10-15-33-16-11-19)25-9-12-28-32(25)21-5-3-20(4-6-21)31-13-17-34-18-14-31/h3-9,12,19,27H,2,10-11,13-18H2,1H3,(H,29,30). The fourth-order valence-electron chi connectivity index (χ4n) is 4.51. The quantitative estimate of drug-likeness (QED) is 0.515. The summed E-state index contributed by atoms with van der Waals surface area (Å²) in [6, 6.07) is 14.8. The van der Waals surface area contributed by atoms with Gasteiger partial charge in [0.15, 0.2) is 0 Å². The summed E-state index contributed by atoms with van der Waals surface area (Å²) < 4.78 is 12.9. The van der Waals surface area contributed by atoms with E-state index in [1.807, 2.05) is 29.8 Å². The summed E-state index contributed by atoms with van der Waals surface area (Å²) >= 11 is 0. The Hall–Kier alpha value is -3.23. The fourth-order valence-corrected chi connectivity index (χ4v) is 4.51. The van der Waals surface area contributed by atoms with Gasteiger partial charge < -0.3 is 25.1 Å². The van der Waals surface area contributed by atoms with E-state index in [1.165, 1.54) is 5.69 Å². The van der Waals surface area contributed by atoms with Crippen molar-refractivity contribution in [3.05, 3.63) is 54.2 Å². The van der Waals surface area contributed by atoms with Gasteiger partial charge in [-0.1, -0.05) is 6.92 Å². The van der Waals surface area contributed by atoms with Crippen LogP contribution in [0.1, 0.15) is 31.7 Å². The number of nitrogens with one attached hydrogen (secondary N) is 2. The molecule has 0 bridgehead atoms. The molecule has 1 aromatic carbocycles. The topological polar surface area (TPSA) is 88.3 Å². The second-order valence-electron chi connectivity index (χ2n) is 8.70. The van der Waals surface area contributed by atoms with E-state index >= 15 is 0 Å². The number of benzene rings is 1. The van der Waals surface area contributed by atoms with Gasteiger partial charge in [-0.3, -0.25) is 0 Å². The monoisotopic (exact) mass is 460 g/mol. The number of rotatable bonds is 7. The molecule has 2 aliphatic rings. The van der Waals surface area contributed by atoms with Gasteiger partial charge in [-0.2, -0.15) is 5.10 Å². The van der Waals surface area contributed by atoms with Crippen LogP contribution in [0.5, 0.6) is 0 Å². The summed E-state index contributed by atoms with van der Waals surface area (Å²) in [5, 5.41) is 16.6. The van der Waals surface area contributed by atoms with Crippen molar-refractivity contribution in [1.82, 2.24) is 14.8 Å². The van der Waals surface area contributed by atoms with Crippen molar-refractivity contribution in [3.8, 4) is 17.1 Å². The Balaban J connectivity index is 1.43. The van der Waals surface area contributed by atoms with Gasteiger partial charge >= 0.3 is 0 Å². The van der Waals surface area contributed by atoms with Gasteiger partial charge in [0.1, 0.15) is 5.82 Å². The van der Waals surface area contributed by atoms with Crippen molar-refractivity contribution in [2.24, 2.45) is 0 Å². The molecule has 34 heavy (non-hydrogen) atoms. The lowest BCUT2D eigenvalue weighted by atomic mass is 10.1. The molecular weight excluding hydrogens is 428 g/mol. The van der Waals surface area contributed by atoms with E-state index < -0.39 is 0 Å². The molecule has 0 amide bonds. The third-order valence-corrected chi connectivity index (χ3v) is 6.51. The first kappa shape index (κ1) is 22.6. The van der Waals surface area contributed by atoms with E-state index in [1.54, 1.807) is 6.20 Å². The number of hydrogen-bond donors (Lipinski definition) is 2. The highest BCUT2D eigenvalue weighted by Crippen LogP contribution is 2.27. The molecule has 8 heteroatoms. The maximum atomic E-state index is 8.43. The number of aromatic nitrogens is 3. The van der Waals surface area contributed by atoms with E-state index in [4.69, 9.17) is 19.9 Å². The molecule has 3 aromatic rings. The van der Waals surface area contributed by atoms with Crippen LogP contribution in [-0.4, -0.2) is 66.0 Å². The first-order valence-electron chi connectivity index (χ1n) is 12.1.